The molecule has 0 aliphatic heterocycles. The van der Waals surface area contributed by atoms with Crippen LogP contribution < -0.4 is 4.74 Å². The van der Waals surface area contributed by atoms with E-state index in [2.05, 4.69) is 34.6 Å². The second-order valence-electron chi connectivity index (χ2n) is 7.93. The van der Waals surface area contributed by atoms with Crippen molar-refractivity contribution in [3.63, 3.8) is 0 Å². The molecule has 1 rings (SSSR count). The lowest BCUT2D eigenvalue weighted by molar-refractivity contribution is -0.153. The highest BCUT2D eigenvalue weighted by Gasteiger charge is 2.44. The van der Waals surface area contributed by atoms with Crippen molar-refractivity contribution < 1.29 is 19.0 Å². The zero-order valence-corrected chi connectivity index (χ0v) is 19.7. The van der Waals surface area contributed by atoms with Gasteiger partial charge in [-0.05, 0) is 41.9 Å². The summed E-state index contributed by atoms with van der Waals surface area (Å²) in [5.74, 6) is -0.522. The highest BCUT2D eigenvalue weighted by atomic mass is 19.1. The summed E-state index contributed by atoms with van der Waals surface area (Å²) in [5.41, 5.74) is -1.02. The van der Waals surface area contributed by atoms with Crippen LogP contribution in [-0.2, 0) is 4.79 Å². The van der Waals surface area contributed by atoms with E-state index in [0.717, 1.165) is 5.92 Å². The van der Waals surface area contributed by atoms with E-state index in [0.29, 0.717) is 23.1 Å². The second kappa shape index (κ2) is 13.6. The molecule has 0 heterocycles. The largest absolute Gasteiger partial charge is 0.497 e. The van der Waals surface area contributed by atoms with Crippen LogP contribution in [0.4, 0.5) is 4.39 Å². The first-order valence-electron chi connectivity index (χ1n) is 10.5. The standard InChI is InChI=1S/C14H19FO3.C8H18.C2H6/c1-4-12(14(15,5-2)13(16)17)10-6-8-11(18-3)9-7-10;1-6-7(2)8(3,4)5;1-2/h6-9,12H,4-5H2,1-3H3,(H,16,17);7H,6H2,1-5H3;1-2H3/t12-,14-;;/m0../s1. The Morgan fingerprint density at radius 3 is 1.75 bits per heavy atom. The van der Waals surface area contributed by atoms with E-state index in [9.17, 15) is 9.18 Å². The summed E-state index contributed by atoms with van der Waals surface area (Å²) in [5, 5.41) is 9.10. The quantitative estimate of drug-likeness (QED) is 0.517. The Balaban J connectivity index is 0. The van der Waals surface area contributed by atoms with Gasteiger partial charge >= 0.3 is 5.97 Å². The lowest BCUT2D eigenvalue weighted by Gasteiger charge is -2.28. The third-order valence-electron chi connectivity index (χ3n) is 5.44. The van der Waals surface area contributed by atoms with Gasteiger partial charge < -0.3 is 9.84 Å². The summed E-state index contributed by atoms with van der Waals surface area (Å²) >= 11 is 0. The maximum atomic E-state index is 14.5. The molecule has 1 aromatic carbocycles. The Labute approximate surface area is 172 Å². The molecule has 0 aromatic heterocycles. The number of rotatable bonds is 7. The van der Waals surface area contributed by atoms with E-state index in [1.165, 1.54) is 6.42 Å². The van der Waals surface area contributed by atoms with Gasteiger partial charge in [0.2, 0.25) is 5.67 Å². The summed E-state index contributed by atoms with van der Waals surface area (Å²) in [6.45, 7) is 18.8. The number of aliphatic carboxylic acids is 1. The third kappa shape index (κ3) is 8.62. The number of carbonyl (C=O) groups is 1. The molecule has 3 nitrogen and oxygen atoms in total. The predicted octanol–water partition coefficient (Wildman–Crippen LogP) is 7.50. The van der Waals surface area contributed by atoms with Gasteiger partial charge in [0.1, 0.15) is 5.75 Å². The molecule has 1 unspecified atom stereocenters. The molecule has 0 aliphatic rings. The average Bonchev–Trinajstić information content (AvgIpc) is 2.69. The molecule has 0 aliphatic carbocycles. The number of carboxylic acids is 1. The number of hydrogen-bond acceptors (Lipinski definition) is 2. The normalized spacial score (nSPS) is 15.0. The fourth-order valence-electron chi connectivity index (χ4n) is 2.82. The molecule has 0 spiro atoms. The van der Waals surface area contributed by atoms with Gasteiger partial charge in [-0.1, -0.05) is 80.9 Å². The molecule has 0 saturated heterocycles. The SMILES string of the molecule is CC.CCC(C)C(C)(C)C.CC[C@@H](c1ccc(OC)cc1)[C@@](F)(CC)C(=O)O. The van der Waals surface area contributed by atoms with Crippen molar-refractivity contribution in [1.82, 2.24) is 0 Å². The van der Waals surface area contributed by atoms with Crippen LogP contribution in [0.1, 0.15) is 93.1 Å². The van der Waals surface area contributed by atoms with Crippen molar-refractivity contribution in [2.24, 2.45) is 11.3 Å². The van der Waals surface area contributed by atoms with Crippen LogP contribution in [0.2, 0.25) is 0 Å². The van der Waals surface area contributed by atoms with Crippen molar-refractivity contribution in [1.29, 1.82) is 0 Å². The van der Waals surface area contributed by atoms with Gasteiger partial charge in [-0.3, -0.25) is 0 Å². The van der Waals surface area contributed by atoms with Gasteiger partial charge in [-0.15, -0.1) is 0 Å². The maximum absolute atomic E-state index is 14.5. The molecule has 164 valence electrons. The first kappa shape index (κ1) is 28.6. The van der Waals surface area contributed by atoms with E-state index in [4.69, 9.17) is 9.84 Å². The zero-order valence-electron chi connectivity index (χ0n) is 19.7. The first-order chi connectivity index (χ1) is 13.0. The molecular weight excluding hydrogens is 355 g/mol. The summed E-state index contributed by atoms with van der Waals surface area (Å²) in [4.78, 5) is 11.1. The summed E-state index contributed by atoms with van der Waals surface area (Å²) < 4.78 is 19.6. The van der Waals surface area contributed by atoms with E-state index >= 15 is 0 Å². The number of hydrogen-bond donors (Lipinski definition) is 1. The van der Waals surface area contributed by atoms with E-state index in [1.807, 2.05) is 13.8 Å². The average molecular weight is 399 g/mol. The molecule has 1 aromatic rings. The van der Waals surface area contributed by atoms with Crippen LogP contribution in [-0.4, -0.2) is 23.9 Å². The van der Waals surface area contributed by atoms with Crippen LogP contribution in [0.25, 0.3) is 0 Å². The molecule has 3 atom stereocenters. The summed E-state index contributed by atoms with van der Waals surface area (Å²) in [6.07, 6.45) is 1.68. The first-order valence-corrected chi connectivity index (χ1v) is 10.5. The predicted molar refractivity (Wildman–Crippen MR) is 118 cm³/mol. The van der Waals surface area contributed by atoms with Crippen LogP contribution in [0.5, 0.6) is 5.75 Å². The monoisotopic (exact) mass is 398 g/mol. The van der Waals surface area contributed by atoms with Crippen molar-refractivity contribution in [3.05, 3.63) is 29.8 Å². The fourth-order valence-corrected chi connectivity index (χ4v) is 2.82. The highest BCUT2D eigenvalue weighted by molar-refractivity contribution is 5.78. The highest BCUT2D eigenvalue weighted by Crippen LogP contribution is 2.38. The van der Waals surface area contributed by atoms with Crippen molar-refractivity contribution >= 4 is 5.97 Å². The number of halogens is 1. The van der Waals surface area contributed by atoms with E-state index < -0.39 is 17.6 Å². The zero-order chi connectivity index (χ0) is 22.5. The fraction of sp³-hybridized carbons (Fsp3) is 0.708. The Morgan fingerprint density at radius 1 is 1.07 bits per heavy atom. The molecule has 4 heteroatoms. The minimum absolute atomic E-state index is 0.0487. The van der Waals surface area contributed by atoms with Crippen molar-refractivity contribution in [3.8, 4) is 5.75 Å². The third-order valence-corrected chi connectivity index (χ3v) is 5.44. The number of carboxylic acid groups (broad SMARTS) is 1. The minimum atomic E-state index is -2.22. The van der Waals surface area contributed by atoms with Crippen LogP contribution in [0.15, 0.2) is 24.3 Å². The minimum Gasteiger partial charge on any atom is -0.497 e. The van der Waals surface area contributed by atoms with Gasteiger partial charge in [-0.2, -0.15) is 0 Å². The Hall–Kier alpha value is -1.58. The molecule has 0 saturated carbocycles. The summed E-state index contributed by atoms with van der Waals surface area (Å²) in [7, 11) is 1.55. The van der Waals surface area contributed by atoms with Crippen molar-refractivity contribution in [2.75, 3.05) is 7.11 Å². The van der Waals surface area contributed by atoms with Crippen LogP contribution in [0, 0.1) is 11.3 Å². The molecule has 28 heavy (non-hydrogen) atoms. The number of ether oxygens (including phenoxy) is 1. The lowest BCUT2D eigenvalue weighted by Crippen LogP contribution is -2.39. The smallest absolute Gasteiger partial charge is 0.342 e. The van der Waals surface area contributed by atoms with Crippen LogP contribution >= 0.6 is 0 Å². The Bertz CT molecular complexity index is 534. The number of benzene rings is 1. The van der Waals surface area contributed by atoms with Gasteiger partial charge in [0.25, 0.3) is 0 Å². The Kier molecular flexibility index (Phi) is 13.9. The van der Waals surface area contributed by atoms with Gasteiger partial charge in [0.15, 0.2) is 0 Å². The molecule has 0 bridgehead atoms. The molecule has 1 N–H and O–H groups in total. The summed E-state index contributed by atoms with van der Waals surface area (Å²) in [6, 6.07) is 6.88. The van der Waals surface area contributed by atoms with Crippen LogP contribution in [0.3, 0.4) is 0 Å². The molecule has 0 radical (unpaired) electrons. The number of alkyl halides is 1. The topological polar surface area (TPSA) is 46.5 Å². The van der Waals surface area contributed by atoms with Gasteiger partial charge in [0.05, 0.1) is 7.11 Å². The Morgan fingerprint density at radius 2 is 1.54 bits per heavy atom. The molecular formula is C24H43FO3. The van der Waals surface area contributed by atoms with Crippen molar-refractivity contribution in [2.45, 2.75) is 93.2 Å². The van der Waals surface area contributed by atoms with E-state index in [1.54, 1.807) is 45.2 Å². The maximum Gasteiger partial charge on any atom is 0.342 e. The molecule has 0 amide bonds. The number of methoxy groups -OCH3 is 1. The van der Waals surface area contributed by atoms with E-state index in [-0.39, 0.29) is 6.42 Å². The lowest BCUT2D eigenvalue weighted by atomic mass is 9.80. The van der Waals surface area contributed by atoms with Gasteiger partial charge in [-0.25, -0.2) is 9.18 Å². The van der Waals surface area contributed by atoms with Gasteiger partial charge in [0, 0.05) is 5.92 Å². The molecule has 0 fully saturated rings. The second-order valence-corrected chi connectivity index (χ2v) is 7.93.